The lowest BCUT2D eigenvalue weighted by Gasteiger charge is -2.23. The lowest BCUT2D eigenvalue weighted by molar-refractivity contribution is -0.117. The molecule has 2 aromatic carbocycles. The summed E-state index contributed by atoms with van der Waals surface area (Å²) < 4.78 is 0. The van der Waals surface area contributed by atoms with Gasteiger partial charge in [0.2, 0.25) is 11.8 Å². The molecule has 2 aliphatic carbocycles. The Bertz CT molecular complexity index is 1010. The average molecular weight is 383 g/mol. The zero-order valence-electron chi connectivity index (χ0n) is 14.2. The van der Waals surface area contributed by atoms with Gasteiger partial charge in [0, 0.05) is 22.6 Å². The zero-order chi connectivity index (χ0) is 19.1. The van der Waals surface area contributed by atoms with Crippen molar-refractivity contribution in [1.82, 2.24) is 0 Å². The molecule has 136 valence electrons. The molecule has 0 saturated heterocycles. The molecule has 6 nitrogen and oxygen atoms in total. The number of hydrogen-bond acceptors (Lipinski definition) is 4. The summed E-state index contributed by atoms with van der Waals surface area (Å²) in [5, 5.41) is 5.33. The van der Waals surface area contributed by atoms with Gasteiger partial charge in [0.15, 0.2) is 11.6 Å². The normalized spacial score (nSPS) is 15.0. The fourth-order valence-corrected chi connectivity index (χ4v) is 3.24. The van der Waals surface area contributed by atoms with Gasteiger partial charge in [0.1, 0.15) is 5.88 Å². The molecule has 0 aliphatic heterocycles. The molecule has 1 saturated carbocycles. The number of carbonyl (C=O) groups excluding carboxylic acids is 4. The van der Waals surface area contributed by atoms with E-state index >= 15 is 0 Å². The van der Waals surface area contributed by atoms with E-state index in [2.05, 4.69) is 10.6 Å². The second kappa shape index (κ2) is 6.63. The van der Waals surface area contributed by atoms with Crippen LogP contribution in [0.5, 0.6) is 0 Å². The van der Waals surface area contributed by atoms with Crippen LogP contribution in [-0.2, 0) is 9.59 Å². The molecule has 2 aromatic rings. The SMILES string of the molecule is O=C(CCl)Nc1ccc2c(c1NC(=O)C1CC1)C(=O)c1ccccc1C2=O. The van der Waals surface area contributed by atoms with Crippen LogP contribution in [0.15, 0.2) is 36.4 Å². The lowest BCUT2D eigenvalue weighted by atomic mass is 9.82. The number of benzene rings is 2. The molecule has 2 amide bonds. The summed E-state index contributed by atoms with van der Waals surface area (Å²) in [6.45, 7) is 0. The van der Waals surface area contributed by atoms with Gasteiger partial charge in [-0.05, 0) is 25.0 Å². The number of ketones is 2. The lowest BCUT2D eigenvalue weighted by Crippen LogP contribution is -2.26. The monoisotopic (exact) mass is 382 g/mol. The Hall–Kier alpha value is -2.99. The van der Waals surface area contributed by atoms with Gasteiger partial charge in [-0.1, -0.05) is 24.3 Å². The smallest absolute Gasteiger partial charge is 0.239 e. The van der Waals surface area contributed by atoms with Crippen molar-refractivity contribution in [2.45, 2.75) is 12.8 Å². The minimum atomic E-state index is -0.478. The number of halogens is 1. The molecule has 0 bridgehead atoms. The fourth-order valence-electron chi connectivity index (χ4n) is 3.18. The van der Waals surface area contributed by atoms with Crippen LogP contribution in [0.2, 0.25) is 0 Å². The third-order valence-electron chi connectivity index (χ3n) is 4.69. The summed E-state index contributed by atoms with van der Waals surface area (Å²) in [5.41, 5.74) is 1.29. The molecule has 0 spiro atoms. The Morgan fingerprint density at radius 1 is 0.926 bits per heavy atom. The van der Waals surface area contributed by atoms with Gasteiger partial charge in [-0.25, -0.2) is 0 Å². The van der Waals surface area contributed by atoms with E-state index in [1.54, 1.807) is 24.3 Å². The predicted octanol–water partition coefficient (Wildman–Crippen LogP) is 2.99. The van der Waals surface area contributed by atoms with Crippen molar-refractivity contribution in [3.8, 4) is 0 Å². The van der Waals surface area contributed by atoms with Crippen molar-refractivity contribution in [1.29, 1.82) is 0 Å². The fraction of sp³-hybridized carbons (Fsp3) is 0.200. The first-order valence-corrected chi connectivity index (χ1v) is 9.07. The Morgan fingerprint density at radius 2 is 1.59 bits per heavy atom. The second-order valence-corrected chi connectivity index (χ2v) is 6.83. The Labute approximate surface area is 159 Å². The average Bonchev–Trinajstić information content (AvgIpc) is 3.52. The summed E-state index contributed by atoms with van der Waals surface area (Å²) in [5.74, 6) is -1.76. The van der Waals surface area contributed by atoms with E-state index in [0.717, 1.165) is 12.8 Å². The number of rotatable bonds is 4. The minimum absolute atomic E-state index is 0.0973. The first-order valence-electron chi connectivity index (χ1n) is 8.53. The van der Waals surface area contributed by atoms with Gasteiger partial charge >= 0.3 is 0 Å². The van der Waals surface area contributed by atoms with Crippen molar-refractivity contribution in [2.24, 2.45) is 5.92 Å². The first-order chi connectivity index (χ1) is 13.0. The summed E-state index contributed by atoms with van der Waals surface area (Å²) in [6.07, 6.45) is 1.56. The number of carbonyl (C=O) groups is 4. The number of hydrogen-bond donors (Lipinski definition) is 2. The van der Waals surface area contributed by atoms with Crippen molar-refractivity contribution in [3.05, 3.63) is 58.7 Å². The number of alkyl halides is 1. The largest absolute Gasteiger partial charge is 0.323 e. The zero-order valence-corrected chi connectivity index (χ0v) is 14.9. The van der Waals surface area contributed by atoms with E-state index in [9.17, 15) is 19.2 Å². The summed E-state index contributed by atoms with van der Waals surface area (Å²) in [6, 6.07) is 9.54. The number of fused-ring (bicyclic) bond motifs is 2. The number of anilines is 2. The topological polar surface area (TPSA) is 92.3 Å². The highest BCUT2D eigenvalue weighted by Crippen LogP contribution is 2.38. The molecule has 2 N–H and O–H groups in total. The van der Waals surface area contributed by atoms with Gasteiger partial charge in [-0.2, -0.15) is 0 Å². The second-order valence-electron chi connectivity index (χ2n) is 6.56. The standard InChI is InChI=1S/C20H15ClN2O4/c21-9-15(24)22-14-8-7-13-16(17(14)23-20(27)10-5-6-10)19(26)12-4-2-1-3-11(12)18(13)25/h1-4,7-8,10H,5-6,9H2,(H,22,24)(H,23,27). The van der Waals surface area contributed by atoms with Crippen LogP contribution in [0.25, 0.3) is 0 Å². The molecule has 2 aliphatic rings. The van der Waals surface area contributed by atoms with Crippen molar-refractivity contribution < 1.29 is 19.2 Å². The highest BCUT2D eigenvalue weighted by Gasteiger charge is 2.35. The van der Waals surface area contributed by atoms with Crippen LogP contribution in [0.4, 0.5) is 11.4 Å². The molecule has 0 atom stereocenters. The molecule has 27 heavy (non-hydrogen) atoms. The Kier molecular flexibility index (Phi) is 4.28. The molecule has 0 heterocycles. The van der Waals surface area contributed by atoms with Crippen LogP contribution in [0, 0.1) is 5.92 Å². The van der Waals surface area contributed by atoms with Crippen molar-refractivity contribution in [2.75, 3.05) is 16.5 Å². The third kappa shape index (κ3) is 3.02. The summed E-state index contributed by atoms with van der Waals surface area (Å²) in [4.78, 5) is 50.1. The van der Waals surface area contributed by atoms with E-state index < -0.39 is 5.91 Å². The molecule has 4 rings (SSSR count). The maximum Gasteiger partial charge on any atom is 0.239 e. The van der Waals surface area contributed by atoms with E-state index in [1.807, 2.05) is 0 Å². The van der Waals surface area contributed by atoms with E-state index in [4.69, 9.17) is 11.6 Å². The van der Waals surface area contributed by atoms with E-state index in [0.29, 0.717) is 5.56 Å². The Morgan fingerprint density at radius 3 is 2.22 bits per heavy atom. The van der Waals surface area contributed by atoms with Gasteiger partial charge in [0.25, 0.3) is 0 Å². The molecular weight excluding hydrogens is 368 g/mol. The maximum absolute atomic E-state index is 13.1. The van der Waals surface area contributed by atoms with Crippen LogP contribution in [-0.4, -0.2) is 29.3 Å². The van der Waals surface area contributed by atoms with Gasteiger partial charge in [-0.15, -0.1) is 11.6 Å². The van der Waals surface area contributed by atoms with Crippen molar-refractivity contribution >= 4 is 46.4 Å². The Balaban J connectivity index is 1.87. The summed E-state index contributed by atoms with van der Waals surface area (Å²) in [7, 11) is 0. The summed E-state index contributed by atoms with van der Waals surface area (Å²) >= 11 is 5.56. The predicted molar refractivity (Wildman–Crippen MR) is 100 cm³/mol. The van der Waals surface area contributed by atoms with E-state index in [1.165, 1.54) is 12.1 Å². The van der Waals surface area contributed by atoms with Crippen LogP contribution >= 0.6 is 11.6 Å². The molecular formula is C20H15ClN2O4. The third-order valence-corrected chi connectivity index (χ3v) is 4.93. The van der Waals surface area contributed by atoms with Crippen molar-refractivity contribution in [3.63, 3.8) is 0 Å². The van der Waals surface area contributed by atoms with Gasteiger partial charge in [0.05, 0.1) is 16.9 Å². The molecule has 7 heteroatoms. The molecule has 0 radical (unpaired) electrons. The van der Waals surface area contributed by atoms with Crippen LogP contribution in [0.1, 0.15) is 44.7 Å². The quantitative estimate of drug-likeness (QED) is 0.678. The van der Waals surface area contributed by atoms with Crippen LogP contribution < -0.4 is 10.6 Å². The molecule has 0 unspecified atom stereocenters. The van der Waals surface area contributed by atoms with Gasteiger partial charge in [-0.3, -0.25) is 19.2 Å². The highest BCUT2D eigenvalue weighted by molar-refractivity contribution is 6.32. The van der Waals surface area contributed by atoms with Crippen LogP contribution in [0.3, 0.4) is 0 Å². The number of nitrogens with one attached hydrogen (secondary N) is 2. The van der Waals surface area contributed by atoms with E-state index in [-0.39, 0.29) is 57.3 Å². The maximum atomic E-state index is 13.1. The minimum Gasteiger partial charge on any atom is -0.323 e. The highest BCUT2D eigenvalue weighted by atomic mass is 35.5. The van der Waals surface area contributed by atoms with Gasteiger partial charge < -0.3 is 10.6 Å². The molecule has 1 fully saturated rings. The number of amides is 2. The first kappa shape index (κ1) is 17.4. The molecule has 0 aromatic heterocycles.